The van der Waals surface area contributed by atoms with E-state index in [2.05, 4.69) is 35.0 Å². The van der Waals surface area contributed by atoms with Gasteiger partial charge in [0.05, 0.1) is 29.1 Å². The van der Waals surface area contributed by atoms with Gasteiger partial charge in [-0.1, -0.05) is 12.1 Å². The van der Waals surface area contributed by atoms with Crippen molar-refractivity contribution in [3.63, 3.8) is 0 Å². The van der Waals surface area contributed by atoms with Crippen molar-refractivity contribution in [1.29, 1.82) is 0 Å². The van der Waals surface area contributed by atoms with Crippen molar-refractivity contribution in [1.82, 2.24) is 40.0 Å². The summed E-state index contributed by atoms with van der Waals surface area (Å²) in [5.41, 5.74) is 5.18. The van der Waals surface area contributed by atoms with Gasteiger partial charge in [0.1, 0.15) is 35.1 Å². The number of benzene rings is 1. The summed E-state index contributed by atoms with van der Waals surface area (Å²) in [6.45, 7) is 3.83. The molecule has 39 heavy (non-hydrogen) atoms. The normalized spacial score (nSPS) is 14.0. The lowest BCUT2D eigenvalue weighted by Gasteiger charge is -2.15. The number of hydrogen-bond donors (Lipinski definition) is 2. The highest BCUT2D eigenvalue weighted by atomic mass is 19.1. The summed E-state index contributed by atoms with van der Waals surface area (Å²) in [5.74, 6) is 0.918. The van der Waals surface area contributed by atoms with Gasteiger partial charge in [-0.05, 0) is 56.3 Å². The zero-order valence-electron chi connectivity index (χ0n) is 21.1. The Morgan fingerprint density at radius 1 is 0.949 bits per heavy atom. The van der Waals surface area contributed by atoms with Gasteiger partial charge >= 0.3 is 0 Å². The van der Waals surface area contributed by atoms with E-state index in [1.165, 1.54) is 18.9 Å². The Kier molecular flexibility index (Phi) is 5.93. The fraction of sp³-hybridized carbons (Fsp3) is 0.207. The van der Waals surface area contributed by atoms with Crippen molar-refractivity contribution in [3.05, 3.63) is 73.1 Å². The molecule has 0 spiro atoms. The summed E-state index contributed by atoms with van der Waals surface area (Å²) < 4.78 is 20.5. The third-order valence-corrected chi connectivity index (χ3v) is 7.09. The average Bonchev–Trinajstić information content (AvgIpc) is 3.73. The van der Waals surface area contributed by atoms with Crippen LogP contribution in [0.25, 0.3) is 56.0 Å². The molecule has 1 saturated heterocycles. The number of likely N-dealkylation sites (tertiary alicyclic amines) is 1. The van der Waals surface area contributed by atoms with Crippen LogP contribution in [0.2, 0.25) is 0 Å². The van der Waals surface area contributed by atoms with Crippen LogP contribution in [-0.4, -0.2) is 66.3 Å². The van der Waals surface area contributed by atoms with Gasteiger partial charge < -0.3 is 9.72 Å². The van der Waals surface area contributed by atoms with Crippen LogP contribution < -0.4 is 4.74 Å². The molecule has 6 aromatic rings. The maximum atomic E-state index is 14.5. The second-order valence-electron chi connectivity index (χ2n) is 9.61. The van der Waals surface area contributed by atoms with Crippen LogP contribution in [0.15, 0.2) is 67.3 Å². The minimum Gasteiger partial charge on any atom is -0.491 e. The van der Waals surface area contributed by atoms with Crippen molar-refractivity contribution in [3.8, 4) is 39.8 Å². The van der Waals surface area contributed by atoms with E-state index in [-0.39, 0.29) is 5.82 Å². The molecule has 194 valence electrons. The number of nitrogens with zero attached hydrogens (tertiary/aromatic N) is 6. The predicted molar refractivity (Wildman–Crippen MR) is 147 cm³/mol. The Morgan fingerprint density at radius 2 is 1.85 bits per heavy atom. The first kappa shape index (κ1) is 23.4. The highest BCUT2D eigenvalue weighted by Crippen LogP contribution is 2.32. The highest BCUT2D eigenvalue weighted by molar-refractivity contribution is 5.96. The molecule has 0 amide bonds. The maximum Gasteiger partial charge on any atom is 0.159 e. The number of pyridine rings is 3. The molecule has 1 aromatic carbocycles. The molecule has 10 heteroatoms. The quantitative estimate of drug-likeness (QED) is 0.296. The number of hydrogen-bond acceptors (Lipinski definition) is 7. The zero-order valence-corrected chi connectivity index (χ0v) is 21.1. The standard InChI is InChI=1S/C29H25FN8O/c30-22-6-2-1-5-20(22)26-28-23(7-8-32-26)34-29(35-28)27-21-14-24(33-17-25(21)36-37-27)18-13-19(16-31-15-18)39-12-11-38-9-3-4-10-38/h1-2,5-8,13-17H,3-4,9-12H2,(H,34,35)(H,36,37). The fourth-order valence-corrected chi connectivity index (χ4v) is 5.09. The lowest BCUT2D eigenvalue weighted by atomic mass is 10.1. The third kappa shape index (κ3) is 4.48. The van der Waals surface area contributed by atoms with Crippen molar-refractivity contribution >= 4 is 21.9 Å². The van der Waals surface area contributed by atoms with Crippen LogP contribution in [0.5, 0.6) is 5.75 Å². The minimum absolute atomic E-state index is 0.348. The molecule has 0 aliphatic carbocycles. The molecule has 1 aliphatic rings. The number of aromatic nitrogens is 7. The number of ether oxygens (including phenoxy) is 1. The van der Waals surface area contributed by atoms with Crippen LogP contribution in [0.3, 0.4) is 0 Å². The Bertz CT molecular complexity index is 1790. The topological polar surface area (TPSA) is 108 Å². The smallest absolute Gasteiger partial charge is 0.159 e. The van der Waals surface area contributed by atoms with Crippen LogP contribution in [-0.2, 0) is 0 Å². The van der Waals surface area contributed by atoms with Gasteiger partial charge in [-0.25, -0.2) is 9.37 Å². The monoisotopic (exact) mass is 520 g/mol. The molecule has 7 rings (SSSR count). The number of H-pyrrole nitrogens is 2. The van der Waals surface area contributed by atoms with Gasteiger partial charge in [-0.3, -0.25) is 25.0 Å². The number of nitrogens with one attached hydrogen (secondary N) is 2. The number of aromatic amines is 2. The molecule has 0 unspecified atom stereocenters. The molecule has 9 nitrogen and oxygen atoms in total. The van der Waals surface area contributed by atoms with Crippen LogP contribution in [0, 0.1) is 5.82 Å². The van der Waals surface area contributed by atoms with Crippen LogP contribution >= 0.6 is 0 Å². The van der Waals surface area contributed by atoms with Crippen molar-refractivity contribution < 1.29 is 9.13 Å². The fourth-order valence-electron chi connectivity index (χ4n) is 5.09. The Balaban J connectivity index is 1.21. The SMILES string of the molecule is Fc1ccccc1-c1nccc2[nH]c(-c3n[nH]c4cnc(-c5cncc(OCCN6CCCC6)c5)cc34)nc12. The van der Waals surface area contributed by atoms with E-state index in [4.69, 9.17) is 9.72 Å². The van der Waals surface area contributed by atoms with Crippen molar-refractivity contribution in [2.75, 3.05) is 26.2 Å². The molecular formula is C29H25FN8O. The highest BCUT2D eigenvalue weighted by Gasteiger charge is 2.18. The van der Waals surface area contributed by atoms with E-state index in [1.807, 2.05) is 18.2 Å². The predicted octanol–water partition coefficient (Wildman–Crippen LogP) is 5.24. The maximum absolute atomic E-state index is 14.5. The minimum atomic E-state index is -0.348. The first-order valence-corrected chi connectivity index (χ1v) is 13.0. The van der Waals surface area contributed by atoms with E-state index < -0.39 is 0 Å². The number of fused-ring (bicyclic) bond motifs is 2. The molecule has 1 fully saturated rings. The summed E-state index contributed by atoms with van der Waals surface area (Å²) in [7, 11) is 0. The second kappa shape index (κ2) is 9.88. The summed E-state index contributed by atoms with van der Waals surface area (Å²) in [5, 5.41) is 8.40. The van der Waals surface area contributed by atoms with Gasteiger partial charge in [-0.15, -0.1) is 0 Å². The van der Waals surface area contributed by atoms with Gasteiger partial charge in [0, 0.05) is 35.5 Å². The second-order valence-corrected chi connectivity index (χ2v) is 9.61. The van der Waals surface area contributed by atoms with Crippen LogP contribution in [0.4, 0.5) is 4.39 Å². The van der Waals surface area contributed by atoms with Gasteiger partial charge in [-0.2, -0.15) is 5.10 Å². The largest absolute Gasteiger partial charge is 0.491 e. The van der Waals surface area contributed by atoms with Gasteiger partial charge in [0.2, 0.25) is 0 Å². The molecule has 0 bridgehead atoms. The molecule has 5 aromatic heterocycles. The molecule has 0 atom stereocenters. The number of imidazole rings is 1. The lowest BCUT2D eigenvalue weighted by molar-refractivity contribution is 0.237. The van der Waals surface area contributed by atoms with Crippen molar-refractivity contribution in [2.45, 2.75) is 12.8 Å². The first-order valence-electron chi connectivity index (χ1n) is 13.0. The average molecular weight is 521 g/mol. The Morgan fingerprint density at radius 3 is 2.74 bits per heavy atom. The van der Waals surface area contributed by atoms with Crippen LogP contribution in [0.1, 0.15) is 12.8 Å². The summed E-state index contributed by atoms with van der Waals surface area (Å²) in [6, 6.07) is 12.3. The third-order valence-electron chi connectivity index (χ3n) is 7.09. The Labute approximate surface area is 223 Å². The lowest BCUT2D eigenvalue weighted by Crippen LogP contribution is -2.25. The summed E-state index contributed by atoms with van der Waals surface area (Å²) in [6.07, 6.45) is 9.42. The van der Waals surface area contributed by atoms with E-state index in [1.54, 1.807) is 43.0 Å². The molecular weight excluding hydrogens is 495 g/mol. The van der Waals surface area contributed by atoms with Gasteiger partial charge in [0.15, 0.2) is 5.82 Å². The molecule has 0 saturated carbocycles. The Hall–Kier alpha value is -4.70. The molecule has 2 N–H and O–H groups in total. The number of halogens is 1. The molecule has 0 radical (unpaired) electrons. The summed E-state index contributed by atoms with van der Waals surface area (Å²) >= 11 is 0. The summed E-state index contributed by atoms with van der Waals surface area (Å²) in [4.78, 5) is 23.9. The number of rotatable bonds is 7. The zero-order chi connectivity index (χ0) is 26.2. The molecule has 1 aliphatic heterocycles. The first-order chi connectivity index (χ1) is 19.2. The van der Waals surface area contributed by atoms with E-state index in [9.17, 15) is 4.39 Å². The van der Waals surface area contributed by atoms with E-state index >= 15 is 0 Å². The van der Waals surface area contributed by atoms with Gasteiger partial charge in [0.25, 0.3) is 0 Å². The van der Waals surface area contributed by atoms with E-state index in [0.29, 0.717) is 40.6 Å². The van der Waals surface area contributed by atoms with E-state index in [0.717, 1.165) is 47.3 Å². The van der Waals surface area contributed by atoms with Crippen molar-refractivity contribution in [2.24, 2.45) is 0 Å². The molecule has 6 heterocycles.